The average molecular weight is 776 g/mol. The Morgan fingerprint density at radius 1 is 0.300 bits per heavy atom. The molecule has 0 amide bonds. The number of hydrogen-bond donors (Lipinski definition) is 0. The zero-order valence-corrected chi connectivity index (χ0v) is 32.4. The second kappa shape index (κ2) is 14.0. The van der Waals surface area contributed by atoms with E-state index in [-0.39, 0.29) is 0 Å². The summed E-state index contributed by atoms with van der Waals surface area (Å²) in [5.74, 6) is 7.05. The van der Waals surface area contributed by atoms with Crippen LogP contribution in [0.2, 0.25) is 0 Å². The van der Waals surface area contributed by atoms with Gasteiger partial charge in [-0.2, -0.15) is 0 Å². The highest BCUT2D eigenvalue weighted by molar-refractivity contribution is 5.82. The molecule has 0 bridgehead atoms. The van der Waals surface area contributed by atoms with Crippen molar-refractivity contribution in [2.24, 2.45) is 11.8 Å². The molecule has 0 spiro atoms. The van der Waals surface area contributed by atoms with Gasteiger partial charge in [-0.15, -0.1) is 0 Å². The number of nitrogens with zero attached hydrogens (tertiary/aromatic N) is 1. The highest BCUT2D eigenvalue weighted by atomic mass is 16.6. The van der Waals surface area contributed by atoms with Crippen LogP contribution in [0.5, 0.6) is 46.0 Å². The fourth-order valence-corrected chi connectivity index (χ4v) is 8.87. The van der Waals surface area contributed by atoms with Crippen LogP contribution in [0, 0.1) is 11.8 Å². The number of hydrogen-bond acceptors (Lipinski definition) is 5. The van der Waals surface area contributed by atoms with E-state index < -0.39 is 0 Å². The molecule has 286 valence electrons. The van der Waals surface area contributed by atoms with Crippen molar-refractivity contribution in [3.8, 4) is 79.4 Å². The van der Waals surface area contributed by atoms with Gasteiger partial charge < -0.3 is 23.8 Å². The maximum atomic E-state index is 6.58. The molecule has 8 aromatic carbocycles. The molecule has 0 aromatic heterocycles. The topological polar surface area (TPSA) is 40.2 Å². The van der Waals surface area contributed by atoms with E-state index >= 15 is 0 Å². The minimum atomic E-state index is 0.484. The first-order valence-corrected chi connectivity index (χ1v) is 20.4. The van der Waals surface area contributed by atoms with Crippen LogP contribution in [0.1, 0.15) is 11.5 Å². The molecule has 2 aliphatic heterocycles. The third-order valence-electron chi connectivity index (χ3n) is 12.0. The quantitative estimate of drug-likeness (QED) is 0.161. The van der Waals surface area contributed by atoms with E-state index in [9.17, 15) is 0 Å². The lowest BCUT2D eigenvalue weighted by atomic mass is 10.00. The van der Waals surface area contributed by atoms with Crippen molar-refractivity contribution in [2.45, 2.75) is 5.92 Å². The first kappa shape index (κ1) is 34.3. The van der Waals surface area contributed by atoms with Crippen LogP contribution in [0.25, 0.3) is 33.4 Å². The molecule has 0 radical (unpaired) electrons. The average Bonchev–Trinajstić information content (AvgIpc) is 4.05. The smallest absolute Gasteiger partial charge is 0.172 e. The van der Waals surface area contributed by atoms with Crippen LogP contribution in [0.15, 0.2) is 206 Å². The second-order valence-corrected chi connectivity index (χ2v) is 15.7. The van der Waals surface area contributed by atoms with Gasteiger partial charge in [-0.05, 0) is 117 Å². The number of rotatable bonds is 7. The number of allylic oxidation sites excluding steroid dienone is 4. The third kappa shape index (κ3) is 6.11. The Bertz CT molecular complexity index is 2970. The first-order valence-electron chi connectivity index (χ1n) is 20.4. The Hall–Kier alpha value is -7.76. The van der Waals surface area contributed by atoms with E-state index in [0.29, 0.717) is 58.0 Å². The van der Waals surface area contributed by atoms with Crippen molar-refractivity contribution in [1.29, 1.82) is 0 Å². The Morgan fingerprint density at radius 3 is 1.22 bits per heavy atom. The normalized spacial score (nSPS) is 17.2. The summed E-state index contributed by atoms with van der Waals surface area (Å²) in [7, 11) is 0. The van der Waals surface area contributed by atoms with Gasteiger partial charge in [-0.1, -0.05) is 133 Å². The standard InChI is InChI=1S/C55H37NO4/c1-3-9-35(10-4-1)37-15-17-38(18-16-37)39-19-23-42(24-20-39)56(43-25-29-49-53(33-43)59-47-27-21-40(31-51(47)57-49)36-11-5-2-6-12-36)44-26-30-50-54(34-44)60-48-28-22-41(32-52(48)58-50)55-45-13-7-8-14-46(45)55/h1-34,45-46,55H. The molecule has 2 unspecified atom stereocenters. The van der Waals surface area contributed by atoms with E-state index in [0.717, 1.165) is 45.1 Å². The van der Waals surface area contributed by atoms with Crippen LogP contribution >= 0.6 is 0 Å². The molecule has 5 heteroatoms. The summed E-state index contributed by atoms with van der Waals surface area (Å²) in [6.07, 6.45) is 8.93. The minimum Gasteiger partial charge on any atom is -0.450 e. The Kier molecular flexibility index (Phi) is 7.98. The van der Waals surface area contributed by atoms with Crippen molar-refractivity contribution < 1.29 is 18.9 Å². The Morgan fingerprint density at radius 2 is 0.683 bits per heavy atom. The number of fused-ring (bicyclic) bond motifs is 5. The molecule has 1 fully saturated rings. The Balaban J connectivity index is 0.876. The first-order chi connectivity index (χ1) is 29.7. The second-order valence-electron chi connectivity index (χ2n) is 15.7. The van der Waals surface area contributed by atoms with Crippen LogP contribution in [-0.4, -0.2) is 0 Å². The summed E-state index contributed by atoms with van der Waals surface area (Å²) in [4.78, 5) is 2.21. The monoisotopic (exact) mass is 775 g/mol. The molecule has 1 saturated carbocycles. The molecular weight excluding hydrogens is 739 g/mol. The highest BCUT2D eigenvalue weighted by Gasteiger charge is 2.48. The maximum Gasteiger partial charge on any atom is 0.172 e. The van der Waals surface area contributed by atoms with Gasteiger partial charge in [0.2, 0.25) is 0 Å². The predicted octanol–water partition coefficient (Wildman–Crippen LogP) is 15.4. The van der Waals surface area contributed by atoms with E-state index in [2.05, 4.69) is 144 Å². The van der Waals surface area contributed by atoms with E-state index in [1.165, 1.54) is 16.7 Å². The highest BCUT2D eigenvalue weighted by Crippen LogP contribution is 2.59. The van der Waals surface area contributed by atoms with Gasteiger partial charge >= 0.3 is 0 Å². The molecular formula is C55H37NO4. The third-order valence-corrected chi connectivity index (χ3v) is 12.0. The van der Waals surface area contributed by atoms with Crippen LogP contribution in [-0.2, 0) is 0 Å². The predicted molar refractivity (Wildman–Crippen MR) is 239 cm³/mol. The van der Waals surface area contributed by atoms with Crippen molar-refractivity contribution in [2.75, 3.05) is 4.90 Å². The van der Waals surface area contributed by atoms with Crippen molar-refractivity contribution in [3.05, 3.63) is 212 Å². The van der Waals surface area contributed by atoms with E-state index in [1.807, 2.05) is 66.7 Å². The molecule has 2 atom stereocenters. The number of benzene rings is 8. The molecule has 4 aliphatic rings. The van der Waals surface area contributed by atoms with Gasteiger partial charge in [0, 0.05) is 17.8 Å². The van der Waals surface area contributed by atoms with Crippen molar-refractivity contribution in [3.63, 3.8) is 0 Å². The largest absolute Gasteiger partial charge is 0.450 e. The lowest BCUT2D eigenvalue weighted by molar-refractivity contribution is 0.359. The van der Waals surface area contributed by atoms with Gasteiger partial charge in [0.1, 0.15) is 0 Å². The molecule has 2 heterocycles. The number of anilines is 3. The van der Waals surface area contributed by atoms with E-state index in [1.54, 1.807) is 0 Å². The van der Waals surface area contributed by atoms with Gasteiger partial charge in [0.25, 0.3) is 0 Å². The lowest BCUT2D eigenvalue weighted by Gasteiger charge is -2.29. The summed E-state index contributed by atoms with van der Waals surface area (Å²) in [5, 5.41) is 0. The minimum absolute atomic E-state index is 0.484. The molecule has 60 heavy (non-hydrogen) atoms. The Labute approximate surface area is 348 Å². The van der Waals surface area contributed by atoms with Gasteiger partial charge in [-0.3, -0.25) is 0 Å². The van der Waals surface area contributed by atoms with Crippen LogP contribution in [0.4, 0.5) is 17.1 Å². The van der Waals surface area contributed by atoms with Gasteiger partial charge in [0.05, 0.1) is 11.4 Å². The SMILES string of the molecule is C1=CC2C(C=C1)C2c1ccc2c(c1)Oc1ccc(N(c3ccc(-c4ccc(-c5ccccc5)cc4)cc3)c3ccc4c(c3)Oc3ccc(-c5ccccc5)cc3O4)cc1O2. The molecule has 0 saturated heterocycles. The summed E-state index contributed by atoms with van der Waals surface area (Å²) in [6.45, 7) is 0. The summed E-state index contributed by atoms with van der Waals surface area (Å²) in [6, 6.07) is 62.8. The zero-order valence-electron chi connectivity index (χ0n) is 32.4. The summed E-state index contributed by atoms with van der Waals surface area (Å²) < 4.78 is 26.1. The zero-order chi connectivity index (χ0) is 39.6. The molecule has 8 aromatic rings. The molecule has 5 nitrogen and oxygen atoms in total. The lowest BCUT2D eigenvalue weighted by Crippen LogP contribution is -2.11. The number of ether oxygens (including phenoxy) is 4. The maximum absolute atomic E-state index is 6.58. The summed E-state index contributed by atoms with van der Waals surface area (Å²) in [5.41, 5.74) is 10.9. The summed E-state index contributed by atoms with van der Waals surface area (Å²) >= 11 is 0. The van der Waals surface area contributed by atoms with Crippen LogP contribution < -0.4 is 23.8 Å². The fraction of sp³-hybridized carbons (Fsp3) is 0.0545. The van der Waals surface area contributed by atoms with Gasteiger partial charge in [0.15, 0.2) is 46.0 Å². The molecule has 12 rings (SSSR count). The van der Waals surface area contributed by atoms with Gasteiger partial charge in [-0.25, -0.2) is 0 Å². The van der Waals surface area contributed by atoms with Crippen molar-refractivity contribution >= 4 is 17.1 Å². The molecule has 2 aliphatic carbocycles. The van der Waals surface area contributed by atoms with E-state index in [4.69, 9.17) is 18.9 Å². The van der Waals surface area contributed by atoms with Crippen LogP contribution in [0.3, 0.4) is 0 Å². The fourth-order valence-electron chi connectivity index (χ4n) is 8.87. The van der Waals surface area contributed by atoms with Crippen molar-refractivity contribution in [1.82, 2.24) is 0 Å². The molecule has 0 N–H and O–H groups in total.